The molecule has 0 spiro atoms. The van der Waals surface area contributed by atoms with Crippen LogP contribution in [0.25, 0.3) is 0 Å². The number of rotatable bonds is 7. The zero-order valence-electron chi connectivity index (χ0n) is 16.5. The molecular weight excluding hydrogens is 394 g/mol. The van der Waals surface area contributed by atoms with Gasteiger partial charge in [-0.1, -0.05) is 23.4 Å². The summed E-state index contributed by atoms with van der Waals surface area (Å²) in [4.78, 5) is 38.4. The molecule has 2 heterocycles. The fraction of sp³-hybridized carbons (Fsp3) is 0.400. The Kier molecular flexibility index (Phi) is 6.58. The number of esters is 1. The maximum Gasteiger partial charge on any atom is 0.316 e. The van der Waals surface area contributed by atoms with Gasteiger partial charge in [0.05, 0.1) is 11.5 Å². The molecule has 1 N–H and O–H groups in total. The topological polar surface area (TPSA) is 102 Å². The fourth-order valence-corrected chi connectivity index (χ4v) is 3.80. The first kappa shape index (κ1) is 20.9. The number of ether oxygens (including phenoxy) is 1. The molecule has 8 nitrogen and oxygen atoms in total. The average molecular weight is 417 g/mol. The number of aromatic nitrogens is 1. The molecule has 0 radical (unpaired) electrons. The van der Waals surface area contributed by atoms with E-state index in [1.807, 2.05) is 31.2 Å². The lowest BCUT2D eigenvalue weighted by atomic mass is 10.1. The highest BCUT2D eigenvalue weighted by Crippen LogP contribution is 2.32. The summed E-state index contributed by atoms with van der Waals surface area (Å²) in [6.07, 6.45) is -0.123. The van der Waals surface area contributed by atoms with Gasteiger partial charge in [-0.25, -0.2) is 0 Å². The Labute approximate surface area is 172 Å². The Hall–Kier alpha value is -2.81. The Balaban J connectivity index is 1.44. The number of aryl methyl sites for hydroxylation is 1. The van der Waals surface area contributed by atoms with Gasteiger partial charge in [0.1, 0.15) is 5.76 Å². The quantitative estimate of drug-likeness (QED) is 0.691. The highest BCUT2D eigenvalue weighted by atomic mass is 32.2. The van der Waals surface area contributed by atoms with Crippen LogP contribution in [0.3, 0.4) is 0 Å². The van der Waals surface area contributed by atoms with Crippen LogP contribution in [0.1, 0.15) is 25.2 Å². The number of carbonyl (C=O) groups excluding carboxylic acids is 3. The molecule has 2 amide bonds. The van der Waals surface area contributed by atoms with E-state index in [0.717, 1.165) is 29.4 Å². The number of carbonyl (C=O) groups is 3. The zero-order chi connectivity index (χ0) is 21.0. The molecule has 0 saturated heterocycles. The molecule has 3 rings (SSSR count). The van der Waals surface area contributed by atoms with Crippen molar-refractivity contribution in [3.63, 3.8) is 0 Å². The normalized spacial score (nSPS) is 16.2. The number of nitrogens with one attached hydrogen (secondary N) is 1. The summed E-state index contributed by atoms with van der Waals surface area (Å²) in [5.74, 6) is -0.154. The van der Waals surface area contributed by atoms with Crippen LogP contribution in [-0.4, -0.2) is 46.6 Å². The van der Waals surface area contributed by atoms with Crippen LogP contribution >= 0.6 is 11.8 Å². The summed E-state index contributed by atoms with van der Waals surface area (Å²) in [6, 6.07) is 9.34. The molecule has 1 aromatic carbocycles. The van der Waals surface area contributed by atoms with Gasteiger partial charge >= 0.3 is 5.97 Å². The third kappa shape index (κ3) is 5.17. The van der Waals surface area contributed by atoms with E-state index in [-0.39, 0.29) is 29.4 Å². The van der Waals surface area contributed by atoms with Crippen molar-refractivity contribution < 1.29 is 23.6 Å². The molecule has 0 fully saturated rings. The molecule has 2 aromatic rings. The number of hydrogen-bond acceptors (Lipinski definition) is 7. The standard InChI is InChI=1S/C20H23N3O5S/c1-12-8-15-6-4-5-7-16(15)23(12)20(26)14(3)27-19(25)11-29-10-18(24)21-17-9-13(2)28-22-17/h4-7,9,12,14H,8,10-11H2,1-3H3,(H,21,22,24)/t12-,14+/m1/s1. The number of anilines is 2. The van der Waals surface area contributed by atoms with Gasteiger partial charge in [0, 0.05) is 17.8 Å². The van der Waals surface area contributed by atoms with Gasteiger partial charge in [-0.3, -0.25) is 14.4 Å². The van der Waals surface area contributed by atoms with Gasteiger partial charge in [-0.15, -0.1) is 11.8 Å². The lowest BCUT2D eigenvalue weighted by Gasteiger charge is -2.25. The number of thioether (sulfide) groups is 1. The van der Waals surface area contributed by atoms with E-state index in [9.17, 15) is 14.4 Å². The maximum atomic E-state index is 12.8. The Morgan fingerprint density at radius 1 is 1.34 bits per heavy atom. The predicted molar refractivity (Wildman–Crippen MR) is 110 cm³/mol. The van der Waals surface area contributed by atoms with Crippen molar-refractivity contribution in [2.75, 3.05) is 21.7 Å². The minimum absolute atomic E-state index is 0.0132. The minimum atomic E-state index is -0.899. The van der Waals surface area contributed by atoms with Gasteiger partial charge in [-0.05, 0) is 38.8 Å². The highest BCUT2D eigenvalue weighted by molar-refractivity contribution is 8.00. The van der Waals surface area contributed by atoms with E-state index in [1.54, 1.807) is 24.8 Å². The summed E-state index contributed by atoms with van der Waals surface area (Å²) < 4.78 is 10.1. The largest absolute Gasteiger partial charge is 0.452 e. The number of fused-ring (bicyclic) bond motifs is 1. The maximum absolute atomic E-state index is 12.8. The summed E-state index contributed by atoms with van der Waals surface area (Å²) >= 11 is 1.10. The average Bonchev–Trinajstić information content (AvgIpc) is 3.22. The SMILES string of the molecule is Cc1cc(NC(=O)CSCC(=O)O[C@@H](C)C(=O)N2c3ccccc3C[C@H]2C)no1. The van der Waals surface area contributed by atoms with Gasteiger partial charge in [0.2, 0.25) is 5.91 Å². The second-order valence-corrected chi connectivity index (χ2v) is 7.87. The van der Waals surface area contributed by atoms with E-state index >= 15 is 0 Å². The molecule has 1 aromatic heterocycles. The van der Waals surface area contributed by atoms with Crippen molar-refractivity contribution in [3.05, 3.63) is 41.7 Å². The molecular formula is C20H23N3O5S. The Morgan fingerprint density at radius 3 is 2.83 bits per heavy atom. The Morgan fingerprint density at radius 2 is 2.10 bits per heavy atom. The molecule has 0 saturated carbocycles. The summed E-state index contributed by atoms with van der Waals surface area (Å²) in [6.45, 7) is 5.26. The van der Waals surface area contributed by atoms with E-state index in [0.29, 0.717) is 11.6 Å². The van der Waals surface area contributed by atoms with Crippen molar-refractivity contribution in [3.8, 4) is 0 Å². The van der Waals surface area contributed by atoms with Crippen LogP contribution in [0.15, 0.2) is 34.9 Å². The van der Waals surface area contributed by atoms with Crippen molar-refractivity contribution in [1.82, 2.24) is 5.16 Å². The highest BCUT2D eigenvalue weighted by Gasteiger charge is 2.34. The molecule has 0 aliphatic carbocycles. The van der Waals surface area contributed by atoms with Crippen molar-refractivity contribution in [2.45, 2.75) is 39.3 Å². The van der Waals surface area contributed by atoms with E-state index < -0.39 is 12.1 Å². The lowest BCUT2D eigenvalue weighted by molar-refractivity contribution is -0.151. The third-order valence-electron chi connectivity index (χ3n) is 4.45. The number of para-hydroxylation sites is 1. The third-order valence-corrected chi connectivity index (χ3v) is 5.36. The van der Waals surface area contributed by atoms with Crippen LogP contribution in [0.5, 0.6) is 0 Å². The van der Waals surface area contributed by atoms with Gasteiger partial charge in [0.15, 0.2) is 11.9 Å². The van der Waals surface area contributed by atoms with Gasteiger partial charge in [0.25, 0.3) is 5.91 Å². The molecule has 9 heteroatoms. The summed E-state index contributed by atoms with van der Waals surface area (Å²) in [5.41, 5.74) is 1.97. The van der Waals surface area contributed by atoms with Crippen molar-refractivity contribution >= 4 is 41.1 Å². The van der Waals surface area contributed by atoms with E-state index in [1.165, 1.54) is 0 Å². The zero-order valence-corrected chi connectivity index (χ0v) is 17.3. The molecule has 154 valence electrons. The van der Waals surface area contributed by atoms with Crippen LogP contribution in [-0.2, 0) is 25.5 Å². The van der Waals surface area contributed by atoms with E-state index in [4.69, 9.17) is 9.26 Å². The summed E-state index contributed by atoms with van der Waals surface area (Å²) in [5, 5.41) is 6.24. The minimum Gasteiger partial charge on any atom is -0.452 e. The lowest BCUT2D eigenvalue weighted by Crippen LogP contribution is -2.43. The van der Waals surface area contributed by atoms with Gasteiger partial charge < -0.3 is 19.5 Å². The molecule has 0 unspecified atom stereocenters. The number of benzene rings is 1. The first-order chi connectivity index (χ1) is 13.8. The first-order valence-corrected chi connectivity index (χ1v) is 10.4. The molecule has 0 bridgehead atoms. The first-order valence-electron chi connectivity index (χ1n) is 9.26. The second kappa shape index (κ2) is 9.13. The molecule has 1 aliphatic heterocycles. The van der Waals surface area contributed by atoms with Gasteiger partial charge in [-0.2, -0.15) is 0 Å². The molecule has 29 heavy (non-hydrogen) atoms. The van der Waals surface area contributed by atoms with Crippen LogP contribution in [0.4, 0.5) is 11.5 Å². The number of hydrogen-bond donors (Lipinski definition) is 1. The summed E-state index contributed by atoms with van der Waals surface area (Å²) in [7, 11) is 0. The predicted octanol–water partition coefficient (Wildman–Crippen LogP) is 2.56. The second-order valence-electron chi connectivity index (χ2n) is 6.89. The smallest absolute Gasteiger partial charge is 0.316 e. The number of amides is 2. The van der Waals surface area contributed by atoms with Crippen molar-refractivity contribution in [2.24, 2.45) is 0 Å². The molecule has 1 aliphatic rings. The number of nitrogens with zero attached hydrogens (tertiary/aromatic N) is 2. The monoisotopic (exact) mass is 417 g/mol. The van der Waals surface area contributed by atoms with Crippen molar-refractivity contribution in [1.29, 1.82) is 0 Å². The van der Waals surface area contributed by atoms with Crippen LogP contribution < -0.4 is 10.2 Å². The van der Waals surface area contributed by atoms with E-state index in [2.05, 4.69) is 10.5 Å². The van der Waals surface area contributed by atoms with Crippen LogP contribution in [0.2, 0.25) is 0 Å². The fourth-order valence-electron chi connectivity index (χ4n) is 3.21. The van der Waals surface area contributed by atoms with Crippen LogP contribution in [0, 0.1) is 6.92 Å². The Bertz CT molecular complexity index is 913. The molecule has 2 atom stereocenters.